The first kappa shape index (κ1) is 4.07. The summed E-state index contributed by atoms with van der Waals surface area (Å²) in [5.74, 6) is 0. The zero-order valence-corrected chi connectivity index (χ0v) is 2.62. The molecule has 1 atom stereocenters. The van der Waals surface area contributed by atoms with Gasteiger partial charge in [0.25, 0.3) is 0 Å². The van der Waals surface area contributed by atoms with Crippen molar-refractivity contribution in [2.24, 2.45) is 5.14 Å². The molecule has 0 fully saturated rings. The quantitative estimate of drug-likeness (QED) is 0.374. The van der Waals surface area contributed by atoms with Crippen LogP contribution in [0.5, 0.6) is 0 Å². The topological polar surface area (TPSA) is 66.2 Å². The predicted octanol–water partition coefficient (Wildman–Crippen LogP) is -1.15. The molecule has 0 amide bonds. The van der Waals surface area contributed by atoms with Crippen molar-refractivity contribution in [3.05, 3.63) is 0 Å². The van der Waals surface area contributed by atoms with Crippen LogP contribution >= 0.6 is 0 Å². The van der Waals surface area contributed by atoms with Gasteiger partial charge >= 0.3 is 1.43 Å². The third-order valence-electron chi connectivity index (χ3n) is 0. The smallest absolute Gasteiger partial charge is 0.760 e. The Morgan fingerprint density at radius 1 is 2.25 bits per heavy atom. The summed E-state index contributed by atoms with van der Waals surface area (Å²) in [6, 6.07) is 0. The molecule has 0 aliphatic heterocycles. The van der Waals surface area contributed by atoms with E-state index < -0.39 is 11.3 Å². The molecule has 26 valence electrons. The minimum atomic E-state index is -2.36. The maximum Gasteiger partial charge on any atom is 1.00 e. The zero-order chi connectivity index (χ0) is 3.58. The highest BCUT2D eigenvalue weighted by Crippen LogP contribution is 1.33. The SMILES string of the molecule is NS(=O)[O-].[H+]. The molecule has 0 heterocycles. The third-order valence-corrected chi connectivity index (χ3v) is 0. The second-order valence-electron chi connectivity index (χ2n) is 0.260. The lowest BCUT2D eigenvalue weighted by Gasteiger charge is -1.85. The van der Waals surface area contributed by atoms with Crippen LogP contribution in [0.1, 0.15) is 1.43 Å². The Kier molecular flexibility index (Phi) is 1.42. The summed E-state index contributed by atoms with van der Waals surface area (Å²) in [4.78, 5) is 0. The first-order valence-electron chi connectivity index (χ1n) is 0.569. The van der Waals surface area contributed by atoms with Gasteiger partial charge in [0.05, 0.1) is 0 Å². The molecule has 1 unspecified atom stereocenters. The number of hydrogen-bond donors (Lipinski definition) is 1. The van der Waals surface area contributed by atoms with Crippen molar-refractivity contribution in [3.63, 3.8) is 0 Å². The molecule has 0 rings (SSSR count). The summed E-state index contributed by atoms with van der Waals surface area (Å²) in [5, 5.41) is 4.03. The monoisotopic (exact) mass is 81.0 g/mol. The van der Waals surface area contributed by atoms with Crippen LogP contribution in [0.3, 0.4) is 0 Å². The van der Waals surface area contributed by atoms with E-state index in [-0.39, 0.29) is 1.43 Å². The van der Waals surface area contributed by atoms with Crippen molar-refractivity contribution in [2.45, 2.75) is 0 Å². The second-order valence-corrected chi connectivity index (χ2v) is 0.781. The van der Waals surface area contributed by atoms with Crippen molar-refractivity contribution in [1.29, 1.82) is 0 Å². The Labute approximate surface area is 27.7 Å². The zero-order valence-electron chi connectivity index (χ0n) is 2.80. The summed E-state index contributed by atoms with van der Waals surface area (Å²) in [5.41, 5.74) is 0. The molecular formula is H3NO2S. The number of hydrogen-bond acceptors (Lipinski definition) is 2. The van der Waals surface area contributed by atoms with E-state index in [0.717, 1.165) is 0 Å². The summed E-state index contributed by atoms with van der Waals surface area (Å²) in [6.07, 6.45) is 0. The average molecular weight is 81.1 g/mol. The molecule has 0 radical (unpaired) electrons. The van der Waals surface area contributed by atoms with E-state index in [1.165, 1.54) is 0 Å². The first-order chi connectivity index (χ1) is 1.73. The molecule has 0 saturated heterocycles. The van der Waals surface area contributed by atoms with Crippen molar-refractivity contribution in [1.82, 2.24) is 0 Å². The predicted molar refractivity (Wildman–Crippen MR) is 14.2 cm³/mol. The fourth-order valence-corrected chi connectivity index (χ4v) is 0. The molecular weight excluding hydrogens is 78.1 g/mol. The van der Waals surface area contributed by atoms with Crippen molar-refractivity contribution in [2.75, 3.05) is 0 Å². The molecule has 0 bridgehead atoms. The minimum Gasteiger partial charge on any atom is -0.760 e. The van der Waals surface area contributed by atoms with E-state index in [0.29, 0.717) is 0 Å². The highest BCUT2D eigenvalue weighted by Gasteiger charge is 1.39. The van der Waals surface area contributed by atoms with E-state index >= 15 is 0 Å². The van der Waals surface area contributed by atoms with Crippen LogP contribution in [-0.4, -0.2) is 8.76 Å². The molecule has 0 saturated carbocycles. The van der Waals surface area contributed by atoms with E-state index in [4.69, 9.17) is 8.76 Å². The molecule has 2 N–H and O–H groups in total. The Balaban J connectivity index is 0. The molecule has 0 spiro atoms. The van der Waals surface area contributed by atoms with Gasteiger partial charge in [-0.1, -0.05) is 0 Å². The highest BCUT2D eigenvalue weighted by molar-refractivity contribution is 7.76. The van der Waals surface area contributed by atoms with Gasteiger partial charge in [0.15, 0.2) is 0 Å². The number of nitrogens with two attached hydrogens (primary N) is 1. The van der Waals surface area contributed by atoms with Crippen molar-refractivity contribution < 1.29 is 10.2 Å². The normalized spacial score (nSPS) is 15.5. The molecule has 0 aliphatic rings. The Morgan fingerprint density at radius 2 is 2.25 bits per heavy atom. The lowest BCUT2D eigenvalue weighted by Crippen LogP contribution is -1.97. The van der Waals surface area contributed by atoms with Gasteiger partial charge in [-0.3, -0.25) is 9.35 Å². The Hall–Kier alpha value is 0.0700. The summed E-state index contributed by atoms with van der Waals surface area (Å²) in [7, 11) is 0. The van der Waals surface area contributed by atoms with Crippen LogP contribution < -0.4 is 5.14 Å². The largest absolute Gasteiger partial charge is 1.00 e. The second kappa shape index (κ2) is 1.40. The summed E-state index contributed by atoms with van der Waals surface area (Å²) < 4.78 is 17.6. The molecule has 0 aromatic carbocycles. The summed E-state index contributed by atoms with van der Waals surface area (Å²) in [6.45, 7) is 0. The van der Waals surface area contributed by atoms with Crippen molar-refractivity contribution in [3.8, 4) is 0 Å². The maximum absolute atomic E-state index is 8.78. The van der Waals surface area contributed by atoms with Crippen LogP contribution in [0.2, 0.25) is 0 Å². The molecule has 0 aliphatic carbocycles. The van der Waals surface area contributed by atoms with Gasteiger partial charge in [-0.15, -0.1) is 0 Å². The lowest BCUT2D eigenvalue weighted by atomic mass is 13.9. The molecule has 0 aromatic rings. The van der Waals surface area contributed by atoms with Crippen LogP contribution in [0, 0.1) is 0 Å². The fraction of sp³-hybridized carbons (Fsp3) is 0. The van der Waals surface area contributed by atoms with Crippen LogP contribution in [0.4, 0.5) is 0 Å². The molecule has 3 nitrogen and oxygen atoms in total. The van der Waals surface area contributed by atoms with Gasteiger partial charge < -0.3 is 4.55 Å². The van der Waals surface area contributed by atoms with Gasteiger partial charge in [0, 0.05) is 11.3 Å². The van der Waals surface area contributed by atoms with Crippen LogP contribution in [-0.2, 0) is 11.3 Å². The Morgan fingerprint density at radius 3 is 2.25 bits per heavy atom. The van der Waals surface area contributed by atoms with Gasteiger partial charge in [-0.2, -0.15) is 0 Å². The fourth-order valence-electron chi connectivity index (χ4n) is 0. The summed E-state index contributed by atoms with van der Waals surface area (Å²) >= 11 is -2.36. The highest BCUT2D eigenvalue weighted by atomic mass is 32.2. The van der Waals surface area contributed by atoms with Gasteiger partial charge in [0.1, 0.15) is 0 Å². The van der Waals surface area contributed by atoms with Crippen LogP contribution in [0.25, 0.3) is 0 Å². The Bertz CT molecular complexity index is 32.6. The van der Waals surface area contributed by atoms with E-state index in [1.54, 1.807) is 0 Å². The van der Waals surface area contributed by atoms with E-state index in [1.807, 2.05) is 0 Å². The molecule has 4 heavy (non-hydrogen) atoms. The first-order valence-corrected chi connectivity index (χ1v) is 1.71. The average Bonchev–Trinajstić information content (AvgIpc) is 0.811. The third kappa shape index (κ3) is 484. The van der Waals surface area contributed by atoms with Crippen LogP contribution in [0.15, 0.2) is 0 Å². The standard InChI is InChI=1S/H3NO2S/c1-4(2)3/h1H2,(H,2,3). The van der Waals surface area contributed by atoms with Gasteiger partial charge in [0.2, 0.25) is 0 Å². The van der Waals surface area contributed by atoms with Crippen molar-refractivity contribution >= 4 is 11.3 Å². The van der Waals surface area contributed by atoms with Gasteiger partial charge in [-0.25, -0.2) is 0 Å². The van der Waals surface area contributed by atoms with Gasteiger partial charge in [-0.05, 0) is 0 Å². The van der Waals surface area contributed by atoms with E-state index in [9.17, 15) is 0 Å². The maximum atomic E-state index is 8.78. The van der Waals surface area contributed by atoms with E-state index in [2.05, 4.69) is 5.14 Å². The number of rotatable bonds is 0. The molecule has 4 heteroatoms. The lowest BCUT2D eigenvalue weighted by molar-refractivity contribution is 0.539. The minimum absolute atomic E-state index is 0. The molecule has 0 aromatic heterocycles.